The summed E-state index contributed by atoms with van der Waals surface area (Å²) in [6.07, 6.45) is 0. The molecule has 19 aromatic rings. The van der Waals surface area contributed by atoms with E-state index in [0.717, 1.165) is 89.5 Å². The summed E-state index contributed by atoms with van der Waals surface area (Å²) in [7, 11) is 0. The molecular formula is C108H91N3O3. The van der Waals surface area contributed by atoms with Gasteiger partial charge in [-0.05, 0) is 209 Å². The fourth-order valence-corrected chi connectivity index (χ4v) is 19.5. The molecule has 0 saturated heterocycles. The number of fused-ring (bicyclic) bond motifs is 24. The van der Waals surface area contributed by atoms with Crippen molar-refractivity contribution < 1.29 is 13.3 Å². The second kappa shape index (κ2) is 25.8. The Morgan fingerprint density at radius 3 is 1.05 bits per heavy atom. The van der Waals surface area contributed by atoms with Crippen molar-refractivity contribution in [3.8, 4) is 39.1 Å². The molecule has 114 heavy (non-hydrogen) atoms. The number of para-hydroxylation sites is 7. The van der Waals surface area contributed by atoms with Gasteiger partial charge in [0.1, 0.15) is 27.9 Å². The highest BCUT2D eigenvalue weighted by Crippen LogP contribution is 2.61. The summed E-state index contributed by atoms with van der Waals surface area (Å²) in [4.78, 5) is 4.60. The van der Waals surface area contributed by atoms with Gasteiger partial charge >= 0.3 is 0 Å². The van der Waals surface area contributed by atoms with E-state index in [1.165, 1.54) is 105 Å². The molecule has 4 aromatic heterocycles. The molecule has 6 heteroatoms. The van der Waals surface area contributed by atoms with Gasteiger partial charge in [0.25, 0.3) is 0 Å². The van der Waals surface area contributed by atoms with Crippen LogP contribution in [0.15, 0.2) is 347 Å². The quantitative estimate of drug-likeness (QED) is 0.159. The third kappa shape index (κ3) is 10.3. The SMILES string of the molecule is CC1(C)c2ccccc2-c2c(ccc3c2oc2c(N(c4ccccc4)c4ccccc4)cccc23)C1(C)C.CC1(C)c2ccccc2-c2c(ccc3oc4ccc(-n5c6ccccc6c6ccccc65)cc4c23)C1(C)C.CC1(C)c2ccccc2-c2c(ccc3oc4ccc(N(c5ccccc5)c5ccccc5)cc4c23)C1(C)C. The lowest BCUT2D eigenvalue weighted by molar-refractivity contribution is 0.299. The van der Waals surface area contributed by atoms with Gasteiger partial charge < -0.3 is 27.6 Å². The van der Waals surface area contributed by atoms with Gasteiger partial charge in [0.15, 0.2) is 5.58 Å². The summed E-state index contributed by atoms with van der Waals surface area (Å²) in [6.45, 7) is 28.5. The van der Waals surface area contributed by atoms with Crippen LogP contribution in [0.3, 0.4) is 0 Å². The number of nitrogens with zero attached hydrogens (tertiary/aromatic N) is 3. The minimum Gasteiger partial charge on any atom is -0.456 e. The van der Waals surface area contributed by atoms with E-state index in [1.807, 2.05) is 0 Å². The molecule has 0 radical (unpaired) electrons. The topological polar surface area (TPSA) is 50.8 Å². The molecule has 0 fully saturated rings. The Hall–Kier alpha value is -12.9. The first-order valence-corrected chi connectivity index (χ1v) is 40.2. The van der Waals surface area contributed by atoms with Crippen LogP contribution in [-0.2, 0) is 32.5 Å². The third-order valence-corrected chi connectivity index (χ3v) is 27.6. The van der Waals surface area contributed by atoms with Crippen molar-refractivity contribution in [3.05, 3.63) is 367 Å². The van der Waals surface area contributed by atoms with Crippen LogP contribution >= 0.6 is 0 Å². The summed E-state index contributed by atoms with van der Waals surface area (Å²) in [5.41, 5.74) is 31.7. The maximum Gasteiger partial charge on any atom is 0.159 e. The molecule has 0 bridgehead atoms. The first-order valence-electron chi connectivity index (χ1n) is 40.2. The Labute approximate surface area is 666 Å². The molecule has 0 spiro atoms. The van der Waals surface area contributed by atoms with E-state index in [-0.39, 0.29) is 32.5 Å². The van der Waals surface area contributed by atoms with Crippen molar-refractivity contribution >= 4 is 122 Å². The number of anilines is 6. The molecule has 556 valence electrons. The molecule has 22 rings (SSSR count). The highest BCUT2D eigenvalue weighted by Gasteiger charge is 2.50. The molecule has 6 nitrogen and oxygen atoms in total. The van der Waals surface area contributed by atoms with Crippen LogP contribution in [0.1, 0.15) is 116 Å². The zero-order chi connectivity index (χ0) is 78.0. The van der Waals surface area contributed by atoms with Gasteiger partial charge in [-0.2, -0.15) is 0 Å². The molecule has 0 aliphatic heterocycles. The van der Waals surface area contributed by atoms with Crippen LogP contribution < -0.4 is 9.80 Å². The Morgan fingerprint density at radius 1 is 0.228 bits per heavy atom. The zero-order valence-corrected chi connectivity index (χ0v) is 66.8. The van der Waals surface area contributed by atoms with Crippen LogP contribution in [-0.4, -0.2) is 4.57 Å². The summed E-state index contributed by atoms with van der Waals surface area (Å²) >= 11 is 0. The largest absolute Gasteiger partial charge is 0.456 e. The Bertz CT molecular complexity index is 6910. The Morgan fingerprint density at radius 2 is 0.579 bits per heavy atom. The number of hydrogen-bond donors (Lipinski definition) is 0. The molecule has 3 aliphatic rings. The van der Waals surface area contributed by atoms with E-state index in [0.29, 0.717) is 0 Å². The highest BCUT2D eigenvalue weighted by atomic mass is 16.3. The lowest BCUT2D eigenvalue weighted by Crippen LogP contribution is -2.43. The molecule has 4 heterocycles. The summed E-state index contributed by atoms with van der Waals surface area (Å²) in [5, 5.41) is 9.58. The van der Waals surface area contributed by atoms with E-state index in [2.05, 4.69) is 431 Å². The second-order valence-electron chi connectivity index (χ2n) is 34.7. The third-order valence-electron chi connectivity index (χ3n) is 27.6. The van der Waals surface area contributed by atoms with Crippen molar-refractivity contribution in [1.29, 1.82) is 0 Å². The second-order valence-corrected chi connectivity index (χ2v) is 34.7. The minimum absolute atomic E-state index is 0.00204. The zero-order valence-electron chi connectivity index (χ0n) is 66.8. The van der Waals surface area contributed by atoms with E-state index in [9.17, 15) is 0 Å². The predicted molar refractivity (Wildman–Crippen MR) is 479 cm³/mol. The van der Waals surface area contributed by atoms with Crippen molar-refractivity contribution in [1.82, 2.24) is 4.57 Å². The maximum atomic E-state index is 6.98. The van der Waals surface area contributed by atoms with Crippen LogP contribution in [0.4, 0.5) is 34.1 Å². The van der Waals surface area contributed by atoms with E-state index in [4.69, 9.17) is 13.3 Å². The lowest BCUT2D eigenvalue weighted by atomic mass is 9.55. The normalized spacial score (nSPS) is 15.4. The lowest BCUT2D eigenvalue weighted by Gasteiger charge is -2.48. The molecule has 0 amide bonds. The summed E-state index contributed by atoms with van der Waals surface area (Å²) < 4.78 is 22.3. The van der Waals surface area contributed by atoms with Gasteiger partial charge in [-0.3, -0.25) is 0 Å². The number of furan rings is 3. The van der Waals surface area contributed by atoms with Gasteiger partial charge in [-0.25, -0.2) is 0 Å². The maximum absolute atomic E-state index is 6.98. The van der Waals surface area contributed by atoms with Crippen LogP contribution in [0.25, 0.3) is 127 Å². The molecule has 0 N–H and O–H groups in total. The Kier molecular flexibility index (Phi) is 15.9. The predicted octanol–water partition coefficient (Wildman–Crippen LogP) is 30.5. The van der Waals surface area contributed by atoms with E-state index in [1.54, 1.807) is 0 Å². The molecule has 3 aliphatic carbocycles. The Balaban J connectivity index is 0.000000111. The molecule has 0 atom stereocenters. The molecule has 15 aromatic carbocycles. The highest BCUT2D eigenvalue weighted by molar-refractivity contribution is 6.18. The number of hydrogen-bond acceptors (Lipinski definition) is 5. The number of benzene rings is 15. The van der Waals surface area contributed by atoms with Gasteiger partial charge in [-0.1, -0.05) is 301 Å². The molecule has 0 unspecified atom stereocenters. The van der Waals surface area contributed by atoms with Gasteiger partial charge in [0, 0.05) is 82.8 Å². The fourth-order valence-electron chi connectivity index (χ4n) is 19.5. The van der Waals surface area contributed by atoms with Gasteiger partial charge in [0.2, 0.25) is 0 Å². The molecular weight excluding hydrogens is 1390 g/mol. The van der Waals surface area contributed by atoms with Crippen molar-refractivity contribution in [2.45, 2.75) is 116 Å². The summed E-state index contributed by atoms with van der Waals surface area (Å²) in [5.74, 6) is 0. The van der Waals surface area contributed by atoms with Crippen molar-refractivity contribution in [2.75, 3.05) is 9.80 Å². The monoisotopic (exact) mass is 1480 g/mol. The first kappa shape index (κ1) is 70.2. The summed E-state index contributed by atoms with van der Waals surface area (Å²) in [6, 6.07) is 120. The standard InChI is InChI=1S/C36H29NO.2C36H31NO/c1-35(2)27-14-8-5-13-25(27)33-28(36(35,3)4)18-20-32-34(33)26-21-22(17-19-31(26)38-32)37-29-15-9-6-11-23(29)24-12-7-10-16-30(24)37;1-35(2)29-20-12-11-18-28(29)32-30(36(35,3)4)23-22-27-26-19-13-21-31(33(26)38-34(27)32)37(24-14-7-5-8-15-24)25-16-9-6-10-17-25;1-35(2)29-18-12-11-17-27(29)33-30(36(35,3)4)20-22-32-34(33)28-23-26(19-21-31(28)38-32)37(24-13-7-5-8-14-24)25-15-9-6-10-16-25/h5-21H,1-4H3;2*5-23H,1-4H3. The van der Waals surface area contributed by atoms with Gasteiger partial charge in [-0.15, -0.1) is 0 Å². The van der Waals surface area contributed by atoms with Gasteiger partial charge in [0.05, 0.1) is 16.7 Å². The van der Waals surface area contributed by atoms with Crippen LogP contribution in [0.5, 0.6) is 0 Å². The van der Waals surface area contributed by atoms with E-state index < -0.39 is 0 Å². The average Bonchev–Trinajstić information content (AvgIpc) is 1.29. The number of rotatable bonds is 7. The fraction of sp³-hybridized carbons (Fsp3) is 0.167. The first-order chi connectivity index (χ1) is 55.1. The van der Waals surface area contributed by atoms with Crippen LogP contribution in [0.2, 0.25) is 0 Å². The van der Waals surface area contributed by atoms with Crippen molar-refractivity contribution in [2.24, 2.45) is 0 Å². The van der Waals surface area contributed by atoms with E-state index >= 15 is 0 Å². The smallest absolute Gasteiger partial charge is 0.159 e. The molecule has 0 saturated carbocycles. The number of aromatic nitrogens is 1. The minimum atomic E-state index is -0.0627. The van der Waals surface area contributed by atoms with Crippen LogP contribution in [0, 0.1) is 0 Å². The average molecular weight is 1480 g/mol. The van der Waals surface area contributed by atoms with Crippen molar-refractivity contribution in [3.63, 3.8) is 0 Å².